The second-order valence-corrected chi connectivity index (χ2v) is 8.13. The van der Waals surface area contributed by atoms with Crippen molar-refractivity contribution < 1.29 is 14.3 Å². The van der Waals surface area contributed by atoms with E-state index in [0.29, 0.717) is 18.2 Å². The molecule has 0 radical (unpaired) electrons. The van der Waals surface area contributed by atoms with Crippen molar-refractivity contribution >= 4 is 22.8 Å². The van der Waals surface area contributed by atoms with Crippen molar-refractivity contribution in [2.24, 2.45) is 5.92 Å². The fourth-order valence-corrected chi connectivity index (χ4v) is 3.57. The number of piperidine rings is 1. The molecule has 2 atom stereocenters. The van der Waals surface area contributed by atoms with Gasteiger partial charge in [0.2, 0.25) is 0 Å². The van der Waals surface area contributed by atoms with Crippen molar-refractivity contribution in [1.82, 2.24) is 15.3 Å². The number of nitrogens with one attached hydrogen (secondary N) is 1. The summed E-state index contributed by atoms with van der Waals surface area (Å²) < 4.78 is 10.8. The minimum Gasteiger partial charge on any atom is -0.494 e. The molecule has 27 heavy (non-hydrogen) atoms. The number of alkyl carbamates (subject to hydrolysis) is 1. The molecule has 7 nitrogen and oxygen atoms in total. The lowest BCUT2D eigenvalue weighted by atomic mass is 9.95. The highest BCUT2D eigenvalue weighted by Crippen LogP contribution is 2.33. The zero-order valence-corrected chi connectivity index (χ0v) is 16.7. The Hall–Kier alpha value is -2.57. The summed E-state index contributed by atoms with van der Waals surface area (Å²) in [5.41, 5.74) is 2.04. The molecule has 1 aliphatic heterocycles. The molecule has 1 aromatic heterocycles. The number of carbonyl (C=O) groups excluding carboxylic acids is 1. The Morgan fingerprint density at radius 3 is 2.56 bits per heavy atom. The Bertz CT molecular complexity index is 818. The predicted octanol–water partition coefficient (Wildman–Crippen LogP) is 3.38. The molecule has 7 heteroatoms. The van der Waals surface area contributed by atoms with E-state index in [1.807, 2.05) is 32.9 Å². The molecule has 1 aliphatic rings. The smallest absolute Gasteiger partial charge is 0.407 e. The van der Waals surface area contributed by atoms with E-state index in [1.54, 1.807) is 19.5 Å². The molecule has 0 spiro atoms. The van der Waals surface area contributed by atoms with Crippen molar-refractivity contribution in [3.63, 3.8) is 0 Å². The molecule has 0 bridgehead atoms. The van der Waals surface area contributed by atoms with Gasteiger partial charge < -0.3 is 19.7 Å². The van der Waals surface area contributed by atoms with E-state index in [1.165, 1.54) is 0 Å². The van der Waals surface area contributed by atoms with Crippen LogP contribution in [0, 0.1) is 5.92 Å². The van der Waals surface area contributed by atoms with Crippen molar-refractivity contribution in [3.05, 3.63) is 24.5 Å². The van der Waals surface area contributed by atoms with Gasteiger partial charge in [-0.15, -0.1) is 0 Å². The fourth-order valence-electron chi connectivity index (χ4n) is 3.57. The second kappa shape index (κ2) is 7.58. The number of rotatable bonds is 3. The van der Waals surface area contributed by atoms with Crippen LogP contribution < -0.4 is 15.0 Å². The maximum Gasteiger partial charge on any atom is 0.407 e. The highest BCUT2D eigenvalue weighted by Gasteiger charge is 2.29. The summed E-state index contributed by atoms with van der Waals surface area (Å²) in [5, 5.41) is 3.01. The third-order valence-corrected chi connectivity index (χ3v) is 4.51. The molecule has 1 saturated heterocycles. The topological polar surface area (TPSA) is 76.6 Å². The first-order valence-corrected chi connectivity index (χ1v) is 9.29. The van der Waals surface area contributed by atoms with E-state index in [4.69, 9.17) is 9.47 Å². The Balaban J connectivity index is 1.83. The average molecular weight is 372 g/mol. The molecular formula is C20H28N4O3. The fraction of sp³-hybridized carbons (Fsp3) is 0.550. The summed E-state index contributed by atoms with van der Waals surface area (Å²) in [4.78, 5) is 23.4. The maximum atomic E-state index is 12.2. The highest BCUT2D eigenvalue weighted by molar-refractivity contribution is 5.92. The SMILES string of the molecule is COc1ccc(N2CC(C)CC(NC(=O)OC(C)(C)C)C2)c2nccnc12. The Morgan fingerprint density at radius 2 is 1.89 bits per heavy atom. The largest absolute Gasteiger partial charge is 0.494 e. The van der Waals surface area contributed by atoms with E-state index in [0.717, 1.165) is 29.7 Å². The number of fused-ring (bicyclic) bond motifs is 1. The Morgan fingerprint density at radius 1 is 1.19 bits per heavy atom. The van der Waals surface area contributed by atoms with Gasteiger partial charge in [0.15, 0.2) is 0 Å². The first-order chi connectivity index (χ1) is 12.8. The van der Waals surface area contributed by atoms with E-state index < -0.39 is 5.60 Å². The zero-order valence-electron chi connectivity index (χ0n) is 16.7. The minimum absolute atomic E-state index is 0.0115. The van der Waals surface area contributed by atoms with Crippen LogP contribution in [-0.4, -0.2) is 47.9 Å². The van der Waals surface area contributed by atoms with Gasteiger partial charge in [0.05, 0.1) is 12.8 Å². The normalized spacial score (nSPS) is 20.4. The molecule has 1 aromatic carbocycles. The Labute approximate surface area is 160 Å². The summed E-state index contributed by atoms with van der Waals surface area (Å²) in [6, 6.07) is 3.94. The van der Waals surface area contributed by atoms with Crippen LogP contribution in [0.1, 0.15) is 34.1 Å². The summed E-state index contributed by atoms with van der Waals surface area (Å²) in [6.45, 7) is 9.37. The zero-order chi connectivity index (χ0) is 19.6. The van der Waals surface area contributed by atoms with Crippen LogP contribution in [0.5, 0.6) is 5.75 Å². The quantitative estimate of drug-likeness (QED) is 0.890. The molecule has 1 N–H and O–H groups in total. The van der Waals surface area contributed by atoms with Gasteiger partial charge in [-0.1, -0.05) is 6.92 Å². The number of hydrogen-bond acceptors (Lipinski definition) is 6. The molecule has 2 heterocycles. The molecule has 0 saturated carbocycles. The number of amides is 1. The molecule has 1 amide bonds. The van der Waals surface area contributed by atoms with Crippen molar-refractivity contribution in [3.8, 4) is 5.75 Å². The van der Waals surface area contributed by atoms with Crippen LogP contribution in [0.3, 0.4) is 0 Å². The number of methoxy groups -OCH3 is 1. The molecule has 2 unspecified atom stereocenters. The molecular weight excluding hydrogens is 344 g/mol. The molecule has 3 rings (SSSR count). The number of hydrogen-bond donors (Lipinski definition) is 1. The van der Waals surface area contributed by atoms with Crippen molar-refractivity contribution in [2.75, 3.05) is 25.1 Å². The van der Waals surface area contributed by atoms with Gasteiger partial charge in [-0.25, -0.2) is 9.78 Å². The number of carbonyl (C=O) groups is 1. The van der Waals surface area contributed by atoms with Gasteiger partial charge in [0.1, 0.15) is 22.4 Å². The third-order valence-electron chi connectivity index (χ3n) is 4.51. The van der Waals surface area contributed by atoms with Gasteiger partial charge in [-0.2, -0.15) is 0 Å². The number of benzene rings is 1. The summed E-state index contributed by atoms with van der Waals surface area (Å²) >= 11 is 0. The first kappa shape index (κ1) is 19.2. The highest BCUT2D eigenvalue weighted by atomic mass is 16.6. The Kier molecular flexibility index (Phi) is 5.39. The lowest BCUT2D eigenvalue weighted by molar-refractivity contribution is 0.0495. The summed E-state index contributed by atoms with van der Waals surface area (Å²) in [6.07, 6.45) is 3.89. The van der Waals surface area contributed by atoms with Crippen LogP contribution in [0.15, 0.2) is 24.5 Å². The van der Waals surface area contributed by atoms with Crippen molar-refractivity contribution in [1.29, 1.82) is 0 Å². The predicted molar refractivity (Wildman–Crippen MR) is 105 cm³/mol. The van der Waals surface area contributed by atoms with Crippen LogP contribution in [0.2, 0.25) is 0 Å². The summed E-state index contributed by atoms with van der Waals surface area (Å²) in [5.74, 6) is 1.13. The number of aromatic nitrogens is 2. The molecule has 1 fully saturated rings. The maximum absolute atomic E-state index is 12.2. The van der Waals surface area contributed by atoms with Gasteiger partial charge in [-0.05, 0) is 45.2 Å². The van der Waals surface area contributed by atoms with Gasteiger partial charge >= 0.3 is 6.09 Å². The van der Waals surface area contributed by atoms with Crippen molar-refractivity contribution in [2.45, 2.75) is 45.8 Å². The first-order valence-electron chi connectivity index (χ1n) is 9.29. The van der Waals surface area contributed by atoms with Crippen LogP contribution in [0.25, 0.3) is 11.0 Å². The molecule has 146 valence electrons. The van der Waals surface area contributed by atoms with Gasteiger partial charge in [-0.3, -0.25) is 4.98 Å². The monoisotopic (exact) mass is 372 g/mol. The van der Waals surface area contributed by atoms with E-state index in [-0.39, 0.29) is 12.1 Å². The second-order valence-electron chi connectivity index (χ2n) is 8.13. The minimum atomic E-state index is -0.508. The van der Waals surface area contributed by atoms with E-state index in [2.05, 4.69) is 27.1 Å². The average Bonchev–Trinajstić information content (AvgIpc) is 2.58. The molecule has 0 aliphatic carbocycles. The third kappa shape index (κ3) is 4.59. The van der Waals surface area contributed by atoms with E-state index >= 15 is 0 Å². The number of nitrogens with zero attached hydrogens (tertiary/aromatic N) is 3. The summed E-state index contributed by atoms with van der Waals surface area (Å²) in [7, 11) is 1.63. The number of ether oxygens (including phenoxy) is 2. The van der Waals surface area contributed by atoms with Crippen LogP contribution in [-0.2, 0) is 4.74 Å². The van der Waals surface area contributed by atoms with Crippen LogP contribution in [0.4, 0.5) is 10.5 Å². The van der Waals surface area contributed by atoms with Gasteiger partial charge in [0.25, 0.3) is 0 Å². The van der Waals surface area contributed by atoms with E-state index in [9.17, 15) is 4.79 Å². The number of anilines is 1. The lowest BCUT2D eigenvalue weighted by Crippen LogP contribution is -2.51. The van der Waals surface area contributed by atoms with Crippen LogP contribution >= 0.6 is 0 Å². The molecule has 2 aromatic rings. The van der Waals surface area contributed by atoms with Gasteiger partial charge in [0, 0.05) is 31.5 Å². The lowest BCUT2D eigenvalue weighted by Gasteiger charge is -2.38. The standard InChI is InChI=1S/C20H28N4O3/c1-13-10-14(23-19(25)27-20(2,3)4)12-24(11-13)15-6-7-16(26-5)18-17(15)21-8-9-22-18/h6-9,13-14H,10-12H2,1-5H3,(H,23,25).